The van der Waals surface area contributed by atoms with E-state index >= 15 is 0 Å². The third-order valence-electron chi connectivity index (χ3n) is 5.38. The Kier molecular flexibility index (Phi) is 4.32. The molecule has 3 aromatic heterocycles. The lowest BCUT2D eigenvalue weighted by atomic mass is 9.92. The molecule has 1 aliphatic rings. The molecular weight excluding hydrogens is 344 g/mol. The number of carbonyl (C=O) groups excluding carboxylic acids is 1. The van der Waals surface area contributed by atoms with Crippen molar-refractivity contribution in [3.63, 3.8) is 0 Å². The minimum absolute atomic E-state index is 0.0205. The van der Waals surface area contributed by atoms with Gasteiger partial charge in [0.25, 0.3) is 5.56 Å². The number of carbonyl (C=O) groups is 1. The quantitative estimate of drug-likeness (QED) is 0.710. The molecule has 2 atom stereocenters. The van der Waals surface area contributed by atoms with Gasteiger partial charge >= 0.3 is 0 Å². The van der Waals surface area contributed by atoms with E-state index in [9.17, 15) is 9.59 Å². The molecule has 0 spiro atoms. The SMILES string of the molecule is CCc1nn(CC(=O)N2C[C@@H](C)C[C@H](C)C2)c(=O)c2cc3oc(C)cc3n12. The van der Waals surface area contributed by atoms with Gasteiger partial charge in [-0.25, -0.2) is 4.68 Å². The van der Waals surface area contributed by atoms with Crippen molar-refractivity contribution in [3.05, 3.63) is 34.1 Å². The van der Waals surface area contributed by atoms with Gasteiger partial charge in [0, 0.05) is 31.6 Å². The Balaban J connectivity index is 1.73. The van der Waals surface area contributed by atoms with Gasteiger partial charge in [-0.3, -0.25) is 14.0 Å². The average Bonchev–Trinajstić information content (AvgIpc) is 3.13. The van der Waals surface area contributed by atoms with Crippen molar-refractivity contribution in [2.45, 2.75) is 47.1 Å². The molecule has 0 saturated carbocycles. The summed E-state index contributed by atoms with van der Waals surface area (Å²) in [6.07, 6.45) is 1.79. The molecule has 0 aromatic carbocycles. The number of nitrogens with zero attached hydrogens (tertiary/aromatic N) is 4. The van der Waals surface area contributed by atoms with Gasteiger partial charge in [-0.15, -0.1) is 0 Å². The molecule has 0 radical (unpaired) electrons. The minimum atomic E-state index is -0.261. The number of aromatic nitrogens is 3. The van der Waals surface area contributed by atoms with Crippen molar-refractivity contribution in [2.24, 2.45) is 11.8 Å². The molecule has 4 heterocycles. The number of fused-ring (bicyclic) bond motifs is 3. The fraction of sp³-hybridized carbons (Fsp3) is 0.550. The molecule has 0 unspecified atom stereocenters. The summed E-state index contributed by atoms with van der Waals surface area (Å²) in [6, 6.07) is 3.66. The Bertz CT molecular complexity index is 1060. The minimum Gasteiger partial charge on any atom is -0.460 e. The van der Waals surface area contributed by atoms with Crippen LogP contribution in [0.1, 0.15) is 38.8 Å². The van der Waals surface area contributed by atoms with Crippen LogP contribution in [0.15, 0.2) is 21.3 Å². The third-order valence-corrected chi connectivity index (χ3v) is 5.38. The first kappa shape index (κ1) is 17.8. The smallest absolute Gasteiger partial charge is 0.291 e. The van der Waals surface area contributed by atoms with Crippen LogP contribution in [0.2, 0.25) is 0 Å². The van der Waals surface area contributed by atoms with Crippen molar-refractivity contribution in [1.82, 2.24) is 19.1 Å². The zero-order valence-corrected chi connectivity index (χ0v) is 16.4. The monoisotopic (exact) mass is 370 g/mol. The molecule has 0 N–H and O–H groups in total. The predicted molar refractivity (Wildman–Crippen MR) is 103 cm³/mol. The molecule has 4 rings (SSSR count). The molecule has 7 nitrogen and oxygen atoms in total. The summed E-state index contributed by atoms with van der Waals surface area (Å²) in [7, 11) is 0. The Morgan fingerprint density at radius 3 is 2.59 bits per heavy atom. The number of rotatable bonds is 3. The highest BCUT2D eigenvalue weighted by molar-refractivity contribution is 5.83. The van der Waals surface area contributed by atoms with Crippen LogP contribution in [0.5, 0.6) is 0 Å². The second-order valence-corrected chi connectivity index (χ2v) is 7.95. The number of amides is 1. The molecular formula is C20H26N4O3. The number of piperidine rings is 1. The summed E-state index contributed by atoms with van der Waals surface area (Å²) < 4.78 is 8.83. The van der Waals surface area contributed by atoms with E-state index in [0.717, 1.165) is 36.6 Å². The maximum Gasteiger partial charge on any atom is 0.291 e. The van der Waals surface area contributed by atoms with E-state index in [1.54, 1.807) is 6.07 Å². The zero-order valence-electron chi connectivity index (χ0n) is 16.4. The van der Waals surface area contributed by atoms with Crippen molar-refractivity contribution in [2.75, 3.05) is 13.1 Å². The molecule has 0 aliphatic carbocycles. The van der Waals surface area contributed by atoms with E-state index in [0.29, 0.717) is 29.4 Å². The van der Waals surface area contributed by atoms with Gasteiger partial charge in [0.05, 0.1) is 5.52 Å². The summed E-state index contributed by atoms with van der Waals surface area (Å²) >= 11 is 0. The van der Waals surface area contributed by atoms with Crippen molar-refractivity contribution >= 4 is 22.5 Å². The highest BCUT2D eigenvalue weighted by Crippen LogP contribution is 2.24. The lowest BCUT2D eigenvalue weighted by molar-refractivity contribution is -0.134. The maximum atomic E-state index is 13.0. The molecule has 1 amide bonds. The third kappa shape index (κ3) is 3.05. The highest BCUT2D eigenvalue weighted by Gasteiger charge is 2.26. The molecule has 0 bridgehead atoms. The fourth-order valence-electron chi connectivity index (χ4n) is 4.34. The Morgan fingerprint density at radius 1 is 1.22 bits per heavy atom. The van der Waals surface area contributed by atoms with Gasteiger partial charge < -0.3 is 9.32 Å². The van der Waals surface area contributed by atoms with E-state index in [-0.39, 0.29) is 18.0 Å². The molecule has 27 heavy (non-hydrogen) atoms. The lowest BCUT2D eigenvalue weighted by Crippen LogP contribution is -2.45. The highest BCUT2D eigenvalue weighted by atomic mass is 16.3. The number of furan rings is 1. The van der Waals surface area contributed by atoms with Crippen LogP contribution in [0.3, 0.4) is 0 Å². The van der Waals surface area contributed by atoms with Crippen molar-refractivity contribution < 1.29 is 9.21 Å². The van der Waals surface area contributed by atoms with Gasteiger partial charge in [-0.2, -0.15) is 5.10 Å². The zero-order chi connectivity index (χ0) is 19.3. The Hall–Kier alpha value is -2.57. The Morgan fingerprint density at radius 2 is 1.93 bits per heavy atom. The molecule has 3 aromatic rings. The van der Waals surface area contributed by atoms with Crippen LogP contribution in [0.25, 0.3) is 16.6 Å². The van der Waals surface area contributed by atoms with E-state index in [2.05, 4.69) is 18.9 Å². The molecule has 1 saturated heterocycles. The summed E-state index contributed by atoms with van der Waals surface area (Å²) in [4.78, 5) is 27.6. The van der Waals surface area contributed by atoms with Crippen molar-refractivity contribution in [3.8, 4) is 0 Å². The second-order valence-electron chi connectivity index (χ2n) is 7.95. The molecule has 144 valence electrons. The first-order valence-corrected chi connectivity index (χ1v) is 9.66. The van der Waals surface area contributed by atoms with Gasteiger partial charge in [0.2, 0.25) is 5.91 Å². The number of aryl methyl sites for hydroxylation is 2. The van der Waals surface area contributed by atoms with Gasteiger partial charge in [0.1, 0.15) is 23.6 Å². The summed E-state index contributed by atoms with van der Waals surface area (Å²) in [6.45, 7) is 9.68. The number of hydrogen-bond acceptors (Lipinski definition) is 4. The van der Waals surface area contributed by atoms with E-state index in [4.69, 9.17) is 4.42 Å². The van der Waals surface area contributed by atoms with Crippen LogP contribution in [-0.4, -0.2) is 38.1 Å². The lowest BCUT2D eigenvalue weighted by Gasteiger charge is -2.35. The predicted octanol–water partition coefficient (Wildman–Crippen LogP) is 2.62. The maximum absolute atomic E-state index is 13.0. The van der Waals surface area contributed by atoms with E-state index in [1.807, 2.05) is 29.2 Å². The standard InChI is InChI=1S/C20H26N4O3/c1-5-18-21-23(11-19(25)22-9-12(2)6-13(3)10-22)20(26)16-8-17-15(24(16)18)7-14(4)27-17/h7-8,12-13H,5-6,9-11H2,1-4H3/t12-,13-/m0/s1. The second kappa shape index (κ2) is 6.55. The summed E-state index contributed by atoms with van der Waals surface area (Å²) in [5.74, 6) is 2.46. The molecule has 1 fully saturated rings. The van der Waals surface area contributed by atoms with Crippen LogP contribution >= 0.6 is 0 Å². The first-order valence-electron chi connectivity index (χ1n) is 9.66. The van der Waals surface area contributed by atoms with Crippen LogP contribution in [-0.2, 0) is 17.8 Å². The largest absolute Gasteiger partial charge is 0.460 e. The average molecular weight is 370 g/mol. The molecule has 1 aliphatic heterocycles. The number of likely N-dealkylation sites (tertiary alicyclic amines) is 1. The summed E-state index contributed by atoms with van der Waals surface area (Å²) in [5, 5.41) is 4.50. The van der Waals surface area contributed by atoms with Crippen molar-refractivity contribution in [1.29, 1.82) is 0 Å². The van der Waals surface area contributed by atoms with Gasteiger partial charge in [-0.1, -0.05) is 20.8 Å². The number of hydrogen-bond donors (Lipinski definition) is 0. The van der Waals surface area contributed by atoms with Crippen LogP contribution in [0, 0.1) is 18.8 Å². The van der Waals surface area contributed by atoms with Crippen LogP contribution in [0.4, 0.5) is 0 Å². The topological polar surface area (TPSA) is 72.8 Å². The van der Waals surface area contributed by atoms with Gasteiger partial charge in [-0.05, 0) is 25.2 Å². The van der Waals surface area contributed by atoms with E-state index < -0.39 is 0 Å². The normalized spacial score (nSPS) is 20.7. The fourth-order valence-corrected chi connectivity index (χ4v) is 4.34. The van der Waals surface area contributed by atoms with Gasteiger partial charge in [0.15, 0.2) is 5.58 Å². The molecule has 7 heteroatoms. The van der Waals surface area contributed by atoms with E-state index in [1.165, 1.54) is 4.68 Å². The first-order chi connectivity index (χ1) is 12.9. The summed E-state index contributed by atoms with van der Waals surface area (Å²) in [5.41, 5.74) is 1.76. The van der Waals surface area contributed by atoms with Crippen LogP contribution < -0.4 is 5.56 Å². The Labute approximate surface area is 157 Å².